The van der Waals surface area contributed by atoms with Crippen LogP contribution < -0.4 is 16.6 Å². The summed E-state index contributed by atoms with van der Waals surface area (Å²) < 4.78 is 0. The number of rotatable bonds is 3. The van der Waals surface area contributed by atoms with E-state index in [1.54, 1.807) is 18.3 Å². The number of anilines is 1. The molecule has 2 atom stereocenters. The zero-order valence-electron chi connectivity index (χ0n) is 9.94. The summed E-state index contributed by atoms with van der Waals surface area (Å²) in [5.74, 6) is 6.18. The second-order valence-corrected chi connectivity index (χ2v) is 4.53. The molecule has 1 amide bonds. The normalized spacial score (nSPS) is 23.4. The van der Waals surface area contributed by atoms with Gasteiger partial charge in [0.2, 0.25) is 0 Å². The lowest BCUT2D eigenvalue weighted by atomic mass is 10.1. The van der Waals surface area contributed by atoms with Crippen LogP contribution in [-0.4, -0.2) is 16.9 Å². The molecule has 1 aromatic rings. The molecule has 0 radical (unpaired) electrons. The third kappa shape index (κ3) is 2.55. The van der Waals surface area contributed by atoms with E-state index < -0.39 is 0 Å². The number of hydrazine groups is 1. The molecule has 0 aliphatic heterocycles. The number of nitrogens with zero attached hydrogens (tertiary/aromatic N) is 1. The Balaban J connectivity index is 2.09. The zero-order valence-corrected chi connectivity index (χ0v) is 9.94. The van der Waals surface area contributed by atoms with Crippen molar-refractivity contribution in [2.24, 2.45) is 11.8 Å². The minimum Gasteiger partial charge on any atom is -0.349 e. The lowest BCUT2D eigenvalue weighted by molar-refractivity contribution is 0.0930. The summed E-state index contributed by atoms with van der Waals surface area (Å²) in [5.41, 5.74) is 2.94. The first-order chi connectivity index (χ1) is 8.22. The molecule has 1 fully saturated rings. The van der Waals surface area contributed by atoms with Crippen LogP contribution in [0.2, 0.25) is 0 Å². The molecule has 17 heavy (non-hydrogen) atoms. The van der Waals surface area contributed by atoms with Gasteiger partial charge in [-0.3, -0.25) is 4.79 Å². The van der Waals surface area contributed by atoms with Gasteiger partial charge in [0.25, 0.3) is 5.91 Å². The van der Waals surface area contributed by atoms with Crippen molar-refractivity contribution in [2.45, 2.75) is 32.2 Å². The second-order valence-electron chi connectivity index (χ2n) is 4.53. The van der Waals surface area contributed by atoms with Crippen molar-refractivity contribution in [2.75, 3.05) is 5.43 Å². The number of pyridine rings is 1. The monoisotopic (exact) mass is 234 g/mol. The molecule has 1 aliphatic rings. The van der Waals surface area contributed by atoms with Crippen molar-refractivity contribution in [3.05, 3.63) is 23.9 Å². The minimum atomic E-state index is -0.107. The van der Waals surface area contributed by atoms with Crippen molar-refractivity contribution in [1.29, 1.82) is 0 Å². The molecule has 4 N–H and O–H groups in total. The van der Waals surface area contributed by atoms with Crippen LogP contribution in [0.3, 0.4) is 0 Å². The van der Waals surface area contributed by atoms with E-state index >= 15 is 0 Å². The zero-order chi connectivity index (χ0) is 12.3. The largest absolute Gasteiger partial charge is 0.349 e. The van der Waals surface area contributed by atoms with Crippen LogP contribution in [0.1, 0.15) is 36.5 Å². The Morgan fingerprint density at radius 2 is 2.35 bits per heavy atom. The third-order valence-electron chi connectivity index (χ3n) is 3.37. The first kappa shape index (κ1) is 11.9. The Morgan fingerprint density at radius 3 is 3.00 bits per heavy atom. The van der Waals surface area contributed by atoms with E-state index in [0.717, 1.165) is 6.42 Å². The lowest BCUT2D eigenvalue weighted by Crippen LogP contribution is -2.37. The number of carbonyl (C=O) groups excluding carboxylic acids is 1. The van der Waals surface area contributed by atoms with Gasteiger partial charge < -0.3 is 10.7 Å². The van der Waals surface area contributed by atoms with Crippen molar-refractivity contribution < 1.29 is 4.79 Å². The second kappa shape index (κ2) is 5.14. The van der Waals surface area contributed by atoms with E-state index in [1.165, 1.54) is 12.8 Å². The number of nitrogens with two attached hydrogens (primary N) is 1. The van der Waals surface area contributed by atoms with E-state index in [0.29, 0.717) is 17.3 Å². The summed E-state index contributed by atoms with van der Waals surface area (Å²) in [7, 11) is 0. The average molecular weight is 234 g/mol. The summed E-state index contributed by atoms with van der Waals surface area (Å²) in [4.78, 5) is 16.1. The number of aromatic nitrogens is 1. The molecule has 2 rings (SSSR count). The number of amides is 1. The maximum atomic E-state index is 12.1. The topological polar surface area (TPSA) is 80.0 Å². The summed E-state index contributed by atoms with van der Waals surface area (Å²) >= 11 is 0. The van der Waals surface area contributed by atoms with Gasteiger partial charge in [0.1, 0.15) is 0 Å². The number of hydrogen-bond acceptors (Lipinski definition) is 4. The van der Waals surface area contributed by atoms with Crippen LogP contribution in [0.25, 0.3) is 0 Å². The number of carbonyl (C=O) groups is 1. The summed E-state index contributed by atoms with van der Waals surface area (Å²) in [5, 5.41) is 3.05. The lowest BCUT2D eigenvalue weighted by Gasteiger charge is -2.18. The highest BCUT2D eigenvalue weighted by Crippen LogP contribution is 2.25. The van der Waals surface area contributed by atoms with E-state index in [4.69, 9.17) is 5.84 Å². The smallest absolute Gasteiger partial charge is 0.255 e. The molecular formula is C12H18N4O. The van der Waals surface area contributed by atoms with Crippen LogP contribution in [0.4, 0.5) is 5.82 Å². The predicted octanol–water partition coefficient (Wildman–Crippen LogP) is 1.29. The molecule has 1 aromatic heterocycles. The fourth-order valence-electron chi connectivity index (χ4n) is 2.31. The van der Waals surface area contributed by atoms with Gasteiger partial charge in [0, 0.05) is 12.2 Å². The van der Waals surface area contributed by atoms with Crippen LogP contribution in [0.5, 0.6) is 0 Å². The summed E-state index contributed by atoms with van der Waals surface area (Å²) in [6.45, 7) is 2.17. The van der Waals surface area contributed by atoms with Crippen LogP contribution in [0.15, 0.2) is 18.3 Å². The van der Waals surface area contributed by atoms with Gasteiger partial charge in [-0.25, -0.2) is 10.8 Å². The quantitative estimate of drug-likeness (QED) is 0.544. The molecule has 0 aromatic carbocycles. The Hall–Kier alpha value is -1.62. The van der Waals surface area contributed by atoms with Crippen molar-refractivity contribution in [3.63, 3.8) is 0 Å². The predicted molar refractivity (Wildman–Crippen MR) is 66.3 cm³/mol. The van der Waals surface area contributed by atoms with Gasteiger partial charge in [0.15, 0.2) is 5.82 Å². The van der Waals surface area contributed by atoms with E-state index in [-0.39, 0.29) is 11.9 Å². The van der Waals surface area contributed by atoms with E-state index in [1.807, 2.05) is 0 Å². The average Bonchev–Trinajstić information content (AvgIpc) is 2.75. The molecule has 0 bridgehead atoms. The molecule has 0 spiro atoms. The molecule has 5 heteroatoms. The molecule has 5 nitrogen and oxygen atoms in total. The van der Waals surface area contributed by atoms with Crippen molar-refractivity contribution in [1.82, 2.24) is 10.3 Å². The molecule has 1 saturated carbocycles. The number of hydrogen-bond donors (Lipinski definition) is 3. The highest BCUT2D eigenvalue weighted by Gasteiger charge is 2.25. The maximum Gasteiger partial charge on any atom is 0.255 e. The fourth-order valence-corrected chi connectivity index (χ4v) is 2.31. The van der Waals surface area contributed by atoms with Crippen molar-refractivity contribution >= 4 is 11.7 Å². The van der Waals surface area contributed by atoms with Gasteiger partial charge in [-0.15, -0.1) is 0 Å². The first-order valence-corrected chi connectivity index (χ1v) is 5.95. The SMILES string of the molecule is CC1CCCC1NC(=O)c1cccnc1NN. The van der Waals surface area contributed by atoms with E-state index in [9.17, 15) is 4.79 Å². The molecule has 92 valence electrons. The Labute approximate surface area is 101 Å². The highest BCUT2D eigenvalue weighted by atomic mass is 16.1. The molecule has 2 unspecified atom stereocenters. The summed E-state index contributed by atoms with van der Waals surface area (Å²) in [6.07, 6.45) is 5.02. The minimum absolute atomic E-state index is 0.107. The highest BCUT2D eigenvalue weighted by molar-refractivity contribution is 5.98. The fraction of sp³-hybridized carbons (Fsp3) is 0.500. The molecular weight excluding hydrogens is 216 g/mol. The number of nitrogens with one attached hydrogen (secondary N) is 2. The number of nitrogen functional groups attached to an aromatic ring is 1. The van der Waals surface area contributed by atoms with Crippen molar-refractivity contribution in [3.8, 4) is 0 Å². The first-order valence-electron chi connectivity index (χ1n) is 5.95. The Bertz CT molecular complexity index is 407. The van der Waals surface area contributed by atoms with Gasteiger partial charge in [-0.1, -0.05) is 13.3 Å². The standard InChI is InChI=1S/C12H18N4O/c1-8-4-2-6-10(8)15-12(17)9-5-3-7-14-11(9)16-13/h3,5,7-8,10H,2,4,6,13H2,1H3,(H,14,16)(H,15,17). The molecule has 0 saturated heterocycles. The molecule has 1 heterocycles. The van der Waals surface area contributed by atoms with Crippen LogP contribution in [-0.2, 0) is 0 Å². The van der Waals surface area contributed by atoms with Gasteiger partial charge in [0.05, 0.1) is 5.56 Å². The molecule has 1 aliphatic carbocycles. The Kier molecular flexibility index (Phi) is 3.58. The van der Waals surface area contributed by atoms with Gasteiger partial charge >= 0.3 is 0 Å². The Morgan fingerprint density at radius 1 is 1.53 bits per heavy atom. The third-order valence-corrected chi connectivity index (χ3v) is 3.37. The van der Waals surface area contributed by atoms with Crippen LogP contribution in [0, 0.1) is 5.92 Å². The maximum absolute atomic E-state index is 12.1. The van der Waals surface area contributed by atoms with Gasteiger partial charge in [-0.05, 0) is 30.9 Å². The van der Waals surface area contributed by atoms with E-state index in [2.05, 4.69) is 22.7 Å². The van der Waals surface area contributed by atoms with Gasteiger partial charge in [-0.2, -0.15) is 0 Å². The summed E-state index contributed by atoms with van der Waals surface area (Å²) in [6, 6.07) is 3.72. The van der Waals surface area contributed by atoms with Crippen LogP contribution >= 0.6 is 0 Å².